The lowest BCUT2D eigenvalue weighted by molar-refractivity contribution is -0.209. The van der Waals surface area contributed by atoms with Gasteiger partial charge in [-0.2, -0.15) is 0 Å². The van der Waals surface area contributed by atoms with Crippen LogP contribution in [0.15, 0.2) is 22.8 Å². The van der Waals surface area contributed by atoms with Crippen molar-refractivity contribution in [3.8, 4) is 0 Å². The van der Waals surface area contributed by atoms with Crippen molar-refractivity contribution in [1.82, 2.24) is 0 Å². The molecular formula is C38H72O. The first-order valence-electron chi connectivity index (χ1n) is 17.4. The maximum Gasteiger partial charge on any atom is 0.133 e. The summed E-state index contributed by atoms with van der Waals surface area (Å²) in [6, 6.07) is 0. The van der Waals surface area contributed by atoms with Crippen LogP contribution in [0, 0.1) is 39.9 Å². The zero-order valence-electron chi connectivity index (χ0n) is 29.6. The van der Waals surface area contributed by atoms with E-state index in [1.165, 1.54) is 56.9 Å². The second kappa shape index (κ2) is 17.2. The molecule has 0 saturated heterocycles. The van der Waals surface area contributed by atoms with Crippen LogP contribution < -0.4 is 0 Å². The van der Waals surface area contributed by atoms with Gasteiger partial charge in [0.2, 0.25) is 0 Å². The molecule has 0 heterocycles. The lowest BCUT2D eigenvalue weighted by Crippen LogP contribution is -2.63. The molecule has 4 aliphatic rings. The highest BCUT2D eigenvalue weighted by molar-refractivity contribution is 5.79. The van der Waals surface area contributed by atoms with E-state index in [0.29, 0.717) is 33.9 Å². The first-order chi connectivity index (χ1) is 18.6. The Balaban J connectivity index is 0.00000166. The molecule has 0 spiro atoms. The third-order valence-electron chi connectivity index (χ3n) is 11.2. The summed E-state index contributed by atoms with van der Waals surface area (Å²) >= 11 is 0. The van der Waals surface area contributed by atoms with Crippen LogP contribution in [0.25, 0.3) is 0 Å². The van der Waals surface area contributed by atoms with Gasteiger partial charge in [0.25, 0.3) is 0 Å². The van der Waals surface area contributed by atoms with E-state index in [-0.39, 0.29) is 0 Å². The van der Waals surface area contributed by atoms with E-state index in [1.54, 1.807) is 5.57 Å². The minimum Gasteiger partial charge on any atom is -0.300 e. The molecule has 4 saturated carbocycles. The number of Topliss-reactive ketones (excluding diaryl/α,β-unsaturated/α-hetero) is 1. The predicted octanol–water partition coefficient (Wildman–Crippen LogP) is 12.8. The van der Waals surface area contributed by atoms with Crippen LogP contribution in [0.3, 0.4) is 0 Å². The summed E-state index contributed by atoms with van der Waals surface area (Å²) in [5.41, 5.74) is 6.24. The maximum atomic E-state index is 12.4. The fourth-order valence-electron chi connectivity index (χ4n) is 9.69. The third-order valence-corrected chi connectivity index (χ3v) is 11.2. The molecule has 1 nitrogen and oxygen atoms in total. The Morgan fingerprint density at radius 2 is 1.44 bits per heavy atom. The van der Waals surface area contributed by atoms with E-state index >= 15 is 0 Å². The summed E-state index contributed by atoms with van der Waals surface area (Å²) in [6.07, 6.45) is 15.9. The number of ketones is 1. The molecule has 6 atom stereocenters. The number of allylic oxidation sites excluding steroid dienone is 4. The largest absolute Gasteiger partial charge is 0.300 e. The molecule has 0 N–H and O–H groups in total. The quantitative estimate of drug-likeness (QED) is 0.322. The Bertz CT molecular complexity index is 781. The van der Waals surface area contributed by atoms with Crippen molar-refractivity contribution in [2.24, 2.45) is 39.9 Å². The van der Waals surface area contributed by atoms with Crippen LogP contribution in [0.2, 0.25) is 0 Å². The van der Waals surface area contributed by atoms with Crippen LogP contribution >= 0.6 is 0 Å². The highest BCUT2D eigenvalue weighted by Crippen LogP contribution is 2.75. The fraction of sp³-hybridized carbons (Fsp3) is 0.868. The Hall–Kier alpha value is -0.850. The van der Waals surface area contributed by atoms with Gasteiger partial charge in [-0.15, -0.1) is 0 Å². The second-order valence-electron chi connectivity index (χ2n) is 12.9. The molecule has 0 amide bonds. The van der Waals surface area contributed by atoms with Crippen molar-refractivity contribution < 1.29 is 4.79 Å². The molecule has 4 rings (SSSR count). The zero-order chi connectivity index (χ0) is 30.6. The fourth-order valence-corrected chi connectivity index (χ4v) is 9.69. The van der Waals surface area contributed by atoms with E-state index in [2.05, 4.69) is 54.5 Å². The Morgan fingerprint density at radius 1 is 0.846 bits per heavy atom. The van der Waals surface area contributed by atoms with Gasteiger partial charge in [0.1, 0.15) is 5.78 Å². The number of hydrogen-bond acceptors (Lipinski definition) is 1. The first-order valence-corrected chi connectivity index (χ1v) is 17.4. The highest BCUT2D eigenvalue weighted by atomic mass is 16.1. The third kappa shape index (κ3) is 7.33. The number of rotatable bonds is 4. The molecule has 0 aromatic heterocycles. The molecular weight excluding hydrogens is 472 g/mol. The summed E-state index contributed by atoms with van der Waals surface area (Å²) in [5, 5.41) is 0. The van der Waals surface area contributed by atoms with Gasteiger partial charge < -0.3 is 0 Å². The number of hydrogen-bond donors (Lipinski definition) is 0. The molecule has 0 bridgehead atoms. The van der Waals surface area contributed by atoms with E-state index in [9.17, 15) is 4.79 Å². The van der Waals surface area contributed by atoms with E-state index < -0.39 is 0 Å². The van der Waals surface area contributed by atoms with Crippen molar-refractivity contribution >= 4 is 5.78 Å². The van der Waals surface area contributed by atoms with Crippen LogP contribution in [0.1, 0.15) is 174 Å². The van der Waals surface area contributed by atoms with Gasteiger partial charge in [-0.05, 0) is 118 Å². The smallest absolute Gasteiger partial charge is 0.133 e. The Labute approximate surface area is 247 Å². The molecule has 3 unspecified atom stereocenters. The average molecular weight is 545 g/mol. The standard InChI is InChI=1S/C30H48O.4C2H6/c1-20(2)9-8-10-22(5)25-14-16-28(6)26(25)15-18-30(21(3)4)27(28)12-11-23-19-24(31)13-17-29(23,30)7;4*1-2/h9,21,23,26-27H,8,10-19H2,1-7H3;4*1-2H3/b25-22-;;;;/t23?,26?,27?,28-,29-,30-;;;;/m0..../s1. The van der Waals surface area contributed by atoms with Crippen molar-refractivity contribution in [3.05, 3.63) is 22.8 Å². The minimum atomic E-state index is 0.358. The molecule has 0 radical (unpaired) electrons. The van der Waals surface area contributed by atoms with Crippen LogP contribution in [-0.4, -0.2) is 5.78 Å². The summed E-state index contributed by atoms with van der Waals surface area (Å²) < 4.78 is 0. The van der Waals surface area contributed by atoms with E-state index in [1.807, 2.05) is 61.0 Å². The lowest BCUT2D eigenvalue weighted by Gasteiger charge is -2.70. The van der Waals surface area contributed by atoms with Gasteiger partial charge in [-0.1, -0.05) is 106 Å². The minimum absolute atomic E-state index is 0.358. The van der Waals surface area contributed by atoms with Gasteiger partial charge in [-0.25, -0.2) is 0 Å². The Morgan fingerprint density at radius 3 is 1.97 bits per heavy atom. The van der Waals surface area contributed by atoms with Gasteiger partial charge in [0, 0.05) is 12.8 Å². The predicted molar refractivity (Wildman–Crippen MR) is 177 cm³/mol. The zero-order valence-corrected chi connectivity index (χ0v) is 29.6. The van der Waals surface area contributed by atoms with Gasteiger partial charge >= 0.3 is 0 Å². The maximum absolute atomic E-state index is 12.4. The van der Waals surface area contributed by atoms with Crippen LogP contribution in [0.5, 0.6) is 0 Å². The molecule has 0 aromatic rings. The SMILES string of the molecule is CC.CC.CC.CC.CC(C)=CCC/C(C)=C1/CC[C@@]2(C)C1CC[C@]1(C(C)C)C2CCC2CC(=O)CC[C@@]21C. The van der Waals surface area contributed by atoms with Crippen molar-refractivity contribution in [1.29, 1.82) is 0 Å². The number of carbonyl (C=O) groups is 1. The monoisotopic (exact) mass is 545 g/mol. The summed E-state index contributed by atoms with van der Waals surface area (Å²) in [4.78, 5) is 12.4. The molecule has 0 aromatic carbocycles. The summed E-state index contributed by atoms with van der Waals surface area (Å²) in [7, 11) is 0. The normalized spacial score (nSPS) is 35.5. The second-order valence-corrected chi connectivity index (χ2v) is 12.9. The number of carbonyl (C=O) groups excluding carboxylic acids is 1. The molecule has 4 aliphatic carbocycles. The van der Waals surface area contributed by atoms with E-state index in [4.69, 9.17) is 0 Å². The lowest BCUT2D eigenvalue weighted by atomic mass is 9.34. The highest BCUT2D eigenvalue weighted by Gasteiger charge is 2.68. The number of fused-ring (bicyclic) bond motifs is 5. The van der Waals surface area contributed by atoms with E-state index in [0.717, 1.165) is 31.1 Å². The summed E-state index contributed by atoms with van der Waals surface area (Å²) in [5.74, 6) is 3.52. The van der Waals surface area contributed by atoms with Gasteiger partial charge in [0.05, 0.1) is 0 Å². The molecule has 0 aliphatic heterocycles. The van der Waals surface area contributed by atoms with Crippen LogP contribution in [-0.2, 0) is 4.79 Å². The first kappa shape index (κ1) is 38.1. The Kier molecular flexibility index (Phi) is 16.8. The van der Waals surface area contributed by atoms with Crippen molar-refractivity contribution in [2.45, 2.75) is 174 Å². The van der Waals surface area contributed by atoms with Gasteiger partial charge in [-0.3, -0.25) is 4.79 Å². The van der Waals surface area contributed by atoms with Crippen LogP contribution in [0.4, 0.5) is 0 Å². The van der Waals surface area contributed by atoms with Crippen molar-refractivity contribution in [2.75, 3.05) is 0 Å². The molecule has 230 valence electrons. The topological polar surface area (TPSA) is 17.1 Å². The molecule has 39 heavy (non-hydrogen) atoms. The van der Waals surface area contributed by atoms with Gasteiger partial charge in [0.15, 0.2) is 0 Å². The summed E-state index contributed by atoms with van der Waals surface area (Å²) in [6.45, 7) is 33.2. The average Bonchev–Trinajstić information content (AvgIpc) is 3.30. The molecule has 4 fully saturated rings. The molecule has 1 heteroatoms. The van der Waals surface area contributed by atoms with Crippen molar-refractivity contribution in [3.63, 3.8) is 0 Å².